The maximum Gasteiger partial charge on any atom is 0.301 e. The summed E-state index contributed by atoms with van der Waals surface area (Å²) in [6.45, 7) is 4.85. The molecule has 1 amide bonds. The van der Waals surface area contributed by atoms with Crippen molar-refractivity contribution in [2.24, 2.45) is 0 Å². The van der Waals surface area contributed by atoms with Crippen LogP contribution >= 0.6 is 11.3 Å². The SMILES string of the molecule is CCOc1ccc2nc(N3C(=O)C(=O)C(=C(O)c4ccc(F)cc4)C3c3ccc(OCc4ccccc4)c(OCC)c3)sc2c1. The van der Waals surface area contributed by atoms with Crippen LogP contribution in [0.5, 0.6) is 17.2 Å². The third-order valence-corrected chi connectivity index (χ3v) is 8.27. The minimum atomic E-state index is -1.07. The largest absolute Gasteiger partial charge is 0.507 e. The van der Waals surface area contributed by atoms with Crippen LogP contribution in [0.1, 0.15) is 36.6 Å². The number of Topliss-reactive ketones (excluding diaryl/α,β-unsaturated/α-hetero) is 1. The molecule has 228 valence electrons. The highest BCUT2D eigenvalue weighted by atomic mass is 32.1. The smallest absolute Gasteiger partial charge is 0.301 e. The Balaban J connectivity index is 1.48. The summed E-state index contributed by atoms with van der Waals surface area (Å²) < 4.78 is 32.1. The van der Waals surface area contributed by atoms with Gasteiger partial charge in [-0.1, -0.05) is 47.7 Å². The van der Waals surface area contributed by atoms with E-state index in [-0.39, 0.29) is 16.3 Å². The van der Waals surface area contributed by atoms with Gasteiger partial charge in [0.25, 0.3) is 5.78 Å². The number of halogens is 1. The number of aromatic nitrogens is 1. The van der Waals surface area contributed by atoms with Crippen LogP contribution in [0.25, 0.3) is 16.0 Å². The van der Waals surface area contributed by atoms with Crippen molar-refractivity contribution in [3.8, 4) is 17.2 Å². The van der Waals surface area contributed by atoms with Crippen LogP contribution in [-0.2, 0) is 16.2 Å². The highest BCUT2D eigenvalue weighted by Gasteiger charge is 2.48. The molecule has 1 unspecified atom stereocenters. The molecule has 8 nitrogen and oxygen atoms in total. The number of fused-ring (bicyclic) bond motifs is 1. The summed E-state index contributed by atoms with van der Waals surface area (Å²) in [7, 11) is 0. The molecule has 45 heavy (non-hydrogen) atoms. The number of ketones is 1. The van der Waals surface area contributed by atoms with E-state index in [4.69, 9.17) is 14.2 Å². The number of hydrogen-bond donors (Lipinski definition) is 1. The van der Waals surface area contributed by atoms with Gasteiger partial charge < -0.3 is 19.3 Å². The van der Waals surface area contributed by atoms with Crippen LogP contribution in [0.4, 0.5) is 9.52 Å². The number of aliphatic hydroxyl groups excluding tert-OH is 1. The summed E-state index contributed by atoms with van der Waals surface area (Å²) in [5, 5.41) is 11.7. The van der Waals surface area contributed by atoms with Crippen molar-refractivity contribution in [2.45, 2.75) is 26.5 Å². The number of rotatable bonds is 10. The molecule has 0 spiro atoms. The van der Waals surface area contributed by atoms with Crippen molar-refractivity contribution >= 4 is 44.1 Å². The third-order valence-electron chi connectivity index (χ3n) is 7.25. The molecule has 1 atom stereocenters. The average Bonchev–Trinajstić information content (AvgIpc) is 3.58. The van der Waals surface area contributed by atoms with Crippen molar-refractivity contribution in [1.82, 2.24) is 4.98 Å². The first kappa shape index (κ1) is 29.8. The van der Waals surface area contributed by atoms with E-state index in [9.17, 15) is 19.1 Å². The van der Waals surface area contributed by atoms with Crippen molar-refractivity contribution < 1.29 is 33.3 Å². The van der Waals surface area contributed by atoms with Gasteiger partial charge in [0.2, 0.25) is 0 Å². The van der Waals surface area contributed by atoms with Gasteiger partial charge in [-0.25, -0.2) is 9.37 Å². The zero-order valence-electron chi connectivity index (χ0n) is 24.5. The quantitative estimate of drug-likeness (QED) is 0.0980. The van der Waals surface area contributed by atoms with Gasteiger partial charge in [-0.15, -0.1) is 0 Å². The standard InChI is InChI=1S/C35H29FN2O6S/c1-3-42-25-15-16-26-29(19-25)45-35(37-26)38-31(30(33(40)34(38)41)32(39)22-10-13-24(36)14-11-22)23-12-17-27(28(18-23)43-4-2)44-20-21-8-6-5-7-9-21/h5-19,31,39H,3-4,20H2,1-2H3. The lowest BCUT2D eigenvalue weighted by Crippen LogP contribution is -2.29. The lowest BCUT2D eigenvalue weighted by atomic mass is 9.95. The number of carbonyl (C=O) groups is 2. The van der Waals surface area contributed by atoms with Crippen LogP contribution in [0.15, 0.2) is 96.6 Å². The molecule has 6 rings (SSSR count). The van der Waals surface area contributed by atoms with Crippen LogP contribution in [0.2, 0.25) is 0 Å². The summed E-state index contributed by atoms with van der Waals surface area (Å²) in [4.78, 5) is 33.4. The first-order chi connectivity index (χ1) is 21.9. The molecule has 10 heteroatoms. The molecule has 0 radical (unpaired) electrons. The Morgan fingerprint density at radius 3 is 2.38 bits per heavy atom. The summed E-state index contributed by atoms with van der Waals surface area (Å²) in [5.74, 6) is -1.14. The van der Waals surface area contributed by atoms with Gasteiger partial charge in [0.1, 0.15) is 23.9 Å². The molecule has 1 fully saturated rings. The lowest BCUT2D eigenvalue weighted by Gasteiger charge is -2.24. The fraction of sp³-hybridized carbons (Fsp3) is 0.171. The van der Waals surface area contributed by atoms with E-state index >= 15 is 0 Å². The van der Waals surface area contributed by atoms with Gasteiger partial charge in [0.15, 0.2) is 16.6 Å². The number of hydrogen-bond acceptors (Lipinski definition) is 8. The number of thiazole rings is 1. The van der Waals surface area contributed by atoms with E-state index in [1.54, 1.807) is 30.3 Å². The van der Waals surface area contributed by atoms with E-state index in [0.29, 0.717) is 48.1 Å². The second-order valence-electron chi connectivity index (χ2n) is 10.1. The van der Waals surface area contributed by atoms with E-state index in [1.807, 2.05) is 50.2 Å². The van der Waals surface area contributed by atoms with E-state index in [2.05, 4.69) is 4.98 Å². The van der Waals surface area contributed by atoms with Gasteiger partial charge in [0.05, 0.1) is 35.0 Å². The van der Waals surface area contributed by atoms with Crippen molar-refractivity contribution in [2.75, 3.05) is 18.1 Å². The predicted octanol–water partition coefficient (Wildman–Crippen LogP) is 7.44. The molecular weight excluding hydrogens is 595 g/mol. The zero-order chi connectivity index (χ0) is 31.5. The van der Waals surface area contributed by atoms with E-state index < -0.39 is 29.3 Å². The minimum absolute atomic E-state index is 0.152. The zero-order valence-corrected chi connectivity index (χ0v) is 25.3. The van der Waals surface area contributed by atoms with Gasteiger partial charge in [0, 0.05) is 5.56 Å². The molecule has 5 aromatic rings. The van der Waals surface area contributed by atoms with Crippen LogP contribution < -0.4 is 19.1 Å². The van der Waals surface area contributed by atoms with Crippen molar-refractivity contribution in [3.63, 3.8) is 0 Å². The molecule has 1 aliphatic rings. The maximum atomic E-state index is 13.7. The topological polar surface area (TPSA) is 98.2 Å². The van der Waals surface area contributed by atoms with Crippen LogP contribution in [0, 0.1) is 5.82 Å². The van der Waals surface area contributed by atoms with Crippen molar-refractivity contribution in [3.05, 3.63) is 119 Å². The fourth-order valence-corrected chi connectivity index (χ4v) is 6.20. The van der Waals surface area contributed by atoms with Gasteiger partial charge in [-0.2, -0.15) is 0 Å². The predicted molar refractivity (Wildman–Crippen MR) is 170 cm³/mol. The average molecular weight is 625 g/mol. The summed E-state index contributed by atoms with van der Waals surface area (Å²) >= 11 is 1.23. The molecule has 2 heterocycles. The number of nitrogens with zero attached hydrogens (tertiary/aromatic N) is 2. The first-order valence-electron chi connectivity index (χ1n) is 14.4. The van der Waals surface area contributed by atoms with Gasteiger partial charge in [-0.3, -0.25) is 14.5 Å². The number of carbonyl (C=O) groups excluding carboxylic acids is 2. The molecule has 0 saturated carbocycles. The minimum Gasteiger partial charge on any atom is -0.507 e. The summed E-state index contributed by atoms with van der Waals surface area (Å²) in [6, 6.07) is 24.2. The van der Waals surface area contributed by atoms with Gasteiger partial charge in [-0.05, 0) is 79.6 Å². The maximum absolute atomic E-state index is 13.7. The number of anilines is 1. The number of amides is 1. The normalized spacial score (nSPS) is 15.9. The molecule has 0 bridgehead atoms. The first-order valence-corrected chi connectivity index (χ1v) is 15.2. The number of ether oxygens (including phenoxy) is 3. The number of aliphatic hydroxyl groups is 1. The monoisotopic (exact) mass is 624 g/mol. The Morgan fingerprint density at radius 1 is 0.889 bits per heavy atom. The Kier molecular flexibility index (Phi) is 8.48. The van der Waals surface area contributed by atoms with E-state index in [1.165, 1.54) is 40.5 Å². The Hall–Kier alpha value is -5.22. The highest BCUT2D eigenvalue weighted by Crippen LogP contribution is 2.46. The second kappa shape index (κ2) is 12.8. The Labute approximate surface area is 262 Å². The lowest BCUT2D eigenvalue weighted by molar-refractivity contribution is -0.132. The molecule has 1 N–H and O–H groups in total. The third kappa shape index (κ3) is 5.97. The van der Waals surface area contributed by atoms with Crippen LogP contribution in [-0.4, -0.2) is 35.0 Å². The second-order valence-corrected chi connectivity index (χ2v) is 11.2. The Bertz CT molecular complexity index is 1910. The summed E-state index contributed by atoms with van der Waals surface area (Å²) in [6.07, 6.45) is 0. The number of benzene rings is 4. The molecular formula is C35H29FN2O6S. The summed E-state index contributed by atoms with van der Waals surface area (Å²) in [5.41, 5.74) is 2.12. The van der Waals surface area contributed by atoms with Gasteiger partial charge >= 0.3 is 5.91 Å². The van der Waals surface area contributed by atoms with E-state index in [0.717, 1.165) is 10.3 Å². The van der Waals surface area contributed by atoms with Crippen LogP contribution in [0.3, 0.4) is 0 Å². The highest BCUT2D eigenvalue weighted by molar-refractivity contribution is 7.22. The fourth-order valence-electron chi connectivity index (χ4n) is 5.18. The Morgan fingerprint density at radius 2 is 1.64 bits per heavy atom. The molecule has 4 aromatic carbocycles. The molecule has 1 aromatic heterocycles. The molecule has 1 saturated heterocycles. The molecule has 1 aliphatic heterocycles. The van der Waals surface area contributed by atoms with Crippen molar-refractivity contribution in [1.29, 1.82) is 0 Å². The molecule has 0 aliphatic carbocycles.